The molecule has 1 rings (SSSR count). The Kier molecular flexibility index (Phi) is 3.61. The van der Waals surface area contributed by atoms with Gasteiger partial charge in [-0.2, -0.15) is 0 Å². The lowest BCUT2D eigenvalue weighted by molar-refractivity contribution is 0.328. The Morgan fingerprint density at radius 1 is 1.33 bits per heavy atom. The molecule has 1 heterocycles. The number of halogens is 1. The summed E-state index contributed by atoms with van der Waals surface area (Å²) in [7, 11) is 2.06. The van der Waals surface area contributed by atoms with Crippen molar-refractivity contribution in [2.45, 2.75) is 33.7 Å². The van der Waals surface area contributed by atoms with Crippen LogP contribution < -0.4 is 4.90 Å². The third kappa shape index (κ3) is 3.10. The van der Waals surface area contributed by atoms with E-state index in [4.69, 9.17) is 11.6 Å². The van der Waals surface area contributed by atoms with E-state index in [0.717, 1.165) is 5.82 Å². The maximum Gasteiger partial charge on any atom is 0.128 e. The van der Waals surface area contributed by atoms with Gasteiger partial charge in [0.2, 0.25) is 0 Å². The average molecular weight is 227 g/mol. The van der Waals surface area contributed by atoms with Crippen LogP contribution in [0.5, 0.6) is 0 Å². The molecule has 0 radical (unpaired) electrons. The minimum absolute atomic E-state index is 0.232. The van der Waals surface area contributed by atoms with Gasteiger partial charge in [-0.3, -0.25) is 0 Å². The van der Waals surface area contributed by atoms with Gasteiger partial charge in [0.25, 0.3) is 0 Å². The quantitative estimate of drug-likeness (QED) is 0.766. The molecular formula is C12H19ClN2. The molecule has 0 aliphatic rings. The fourth-order valence-corrected chi connectivity index (χ4v) is 1.47. The summed E-state index contributed by atoms with van der Waals surface area (Å²) in [6.07, 6.45) is 1.68. The molecule has 0 aliphatic carbocycles. The lowest BCUT2D eigenvalue weighted by Crippen LogP contribution is -2.39. The third-order valence-corrected chi connectivity index (χ3v) is 3.13. The third-order valence-electron chi connectivity index (χ3n) is 2.91. The molecule has 0 fully saturated rings. The molecule has 0 aromatic carbocycles. The van der Waals surface area contributed by atoms with E-state index in [-0.39, 0.29) is 5.41 Å². The first-order chi connectivity index (χ1) is 6.82. The number of aromatic nitrogens is 1. The van der Waals surface area contributed by atoms with Crippen molar-refractivity contribution in [1.29, 1.82) is 0 Å². The highest BCUT2D eigenvalue weighted by molar-refractivity contribution is 6.30. The van der Waals surface area contributed by atoms with E-state index in [1.165, 1.54) is 0 Å². The molecule has 0 spiro atoms. The summed E-state index contributed by atoms with van der Waals surface area (Å²) in [5.74, 6) is 0.960. The first-order valence-electron chi connectivity index (χ1n) is 5.17. The Bertz CT molecular complexity index is 313. The minimum Gasteiger partial charge on any atom is -0.356 e. The molecule has 0 saturated heterocycles. The first kappa shape index (κ1) is 12.3. The van der Waals surface area contributed by atoms with Crippen LogP contribution in [0.1, 0.15) is 27.7 Å². The second kappa shape index (κ2) is 4.40. The van der Waals surface area contributed by atoms with E-state index in [9.17, 15) is 0 Å². The second-order valence-electron chi connectivity index (χ2n) is 4.99. The first-order valence-corrected chi connectivity index (χ1v) is 5.54. The predicted molar refractivity (Wildman–Crippen MR) is 66.6 cm³/mol. The van der Waals surface area contributed by atoms with Gasteiger partial charge in [-0.25, -0.2) is 4.98 Å². The van der Waals surface area contributed by atoms with Crippen molar-refractivity contribution in [1.82, 2.24) is 4.98 Å². The number of hydrogen-bond acceptors (Lipinski definition) is 2. The van der Waals surface area contributed by atoms with Crippen molar-refractivity contribution in [3.05, 3.63) is 23.4 Å². The Labute approximate surface area is 97.3 Å². The SMILES string of the molecule is CC(N(C)c1ccc(Cl)cn1)C(C)(C)C. The van der Waals surface area contributed by atoms with Gasteiger partial charge < -0.3 is 4.90 Å². The van der Waals surface area contributed by atoms with E-state index in [0.29, 0.717) is 11.1 Å². The second-order valence-corrected chi connectivity index (χ2v) is 5.42. The van der Waals surface area contributed by atoms with E-state index in [1.54, 1.807) is 6.20 Å². The van der Waals surface area contributed by atoms with Crippen LogP contribution in [0.3, 0.4) is 0 Å². The van der Waals surface area contributed by atoms with Crippen LogP contribution in [0.2, 0.25) is 5.02 Å². The summed E-state index contributed by atoms with van der Waals surface area (Å²) in [5, 5.41) is 0.676. The van der Waals surface area contributed by atoms with Gasteiger partial charge in [0.05, 0.1) is 5.02 Å². The van der Waals surface area contributed by atoms with Crippen LogP contribution in [0.25, 0.3) is 0 Å². The summed E-state index contributed by atoms with van der Waals surface area (Å²) in [5.41, 5.74) is 0.232. The molecule has 3 heteroatoms. The molecule has 1 aromatic heterocycles. The maximum atomic E-state index is 5.80. The Balaban J connectivity index is 2.85. The molecule has 1 atom stereocenters. The lowest BCUT2D eigenvalue weighted by Gasteiger charge is -2.36. The maximum absolute atomic E-state index is 5.80. The Hall–Kier alpha value is -0.760. The van der Waals surface area contributed by atoms with Gasteiger partial charge in [-0.05, 0) is 24.5 Å². The summed E-state index contributed by atoms with van der Waals surface area (Å²) < 4.78 is 0. The van der Waals surface area contributed by atoms with Crippen molar-refractivity contribution in [2.24, 2.45) is 5.41 Å². The molecule has 1 unspecified atom stereocenters. The van der Waals surface area contributed by atoms with Gasteiger partial charge in [-0.1, -0.05) is 32.4 Å². The molecular weight excluding hydrogens is 208 g/mol. The number of hydrogen-bond donors (Lipinski definition) is 0. The molecule has 1 aromatic rings. The zero-order valence-corrected chi connectivity index (χ0v) is 10.8. The Morgan fingerprint density at radius 2 is 1.93 bits per heavy atom. The van der Waals surface area contributed by atoms with Crippen LogP contribution in [0.15, 0.2) is 18.3 Å². The lowest BCUT2D eigenvalue weighted by atomic mass is 9.87. The zero-order chi connectivity index (χ0) is 11.6. The number of rotatable bonds is 2. The van der Waals surface area contributed by atoms with Gasteiger partial charge >= 0.3 is 0 Å². The van der Waals surface area contributed by atoms with E-state index >= 15 is 0 Å². The van der Waals surface area contributed by atoms with Crippen LogP contribution >= 0.6 is 11.6 Å². The highest BCUT2D eigenvalue weighted by Crippen LogP contribution is 2.26. The topological polar surface area (TPSA) is 16.1 Å². The van der Waals surface area contributed by atoms with Crippen LogP contribution in [-0.2, 0) is 0 Å². The van der Waals surface area contributed by atoms with E-state index < -0.39 is 0 Å². The van der Waals surface area contributed by atoms with E-state index in [1.807, 2.05) is 12.1 Å². The van der Waals surface area contributed by atoms with Crippen LogP contribution in [0.4, 0.5) is 5.82 Å². The van der Waals surface area contributed by atoms with Gasteiger partial charge in [0.1, 0.15) is 5.82 Å². The van der Waals surface area contributed by atoms with Crippen molar-refractivity contribution in [3.63, 3.8) is 0 Å². The van der Waals surface area contributed by atoms with Gasteiger partial charge in [0, 0.05) is 19.3 Å². The number of nitrogens with zero attached hydrogens (tertiary/aromatic N) is 2. The largest absolute Gasteiger partial charge is 0.356 e. The number of pyridine rings is 1. The van der Waals surface area contributed by atoms with Crippen LogP contribution in [0, 0.1) is 5.41 Å². The molecule has 0 N–H and O–H groups in total. The van der Waals surface area contributed by atoms with Crippen molar-refractivity contribution >= 4 is 17.4 Å². The molecule has 15 heavy (non-hydrogen) atoms. The fraction of sp³-hybridized carbons (Fsp3) is 0.583. The average Bonchev–Trinajstić information content (AvgIpc) is 2.15. The molecule has 84 valence electrons. The van der Waals surface area contributed by atoms with Crippen molar-refractivity contribution < 1.29 is 0 Å². The molecule has 0 bridgehead atoms. The molecule has 0 aliphatic heterocycles. The monoisotopic (exact) mass is 226 g/mol. The molecule has 0 amide bonds. The van der Waals surface area contributed by atoms with Crippen molar-refractivity contribution in [3.8, 4) is 0 Å². The summed E-state index contributed by atoms with van der Waals surface area (Å²) in [4.78, 5) is 6.48. The zero-order valence-electron chi connectivity index (χ0n) is 10.1. The normalized spacial score (nSPS) is 13.7. The standard InChI is InChI=1S/C12H19ClN2/c1-9(12(2,3)4)15(5)11-7-6-10(13)8-14-11/h6-9H,1-5H3. The minimum atomic E-state index is 0.232. The van der Waals surface area contributed by atoms with E-state index in [2.05, 4.69) is 44.6 Å². The smallest absolute Gasteiger partial charge is 0.128 e. The Morgan fingerprint density at radius 3 is 2.33 bits per heavy atom. The highest BCUT2D eigenvalue weighted by Gasteiger charge is 2.24. The highest BCUT2D eigenvalue weighted by atomic mass is 35.5. The van der Waals surface area contributed by atoms with Crippen LogP contribution in [-0.4, -0.2) is 18.1 Å². The molecule has 0 saturated carbocycles. The summed E-state index contributed by atoms with van der Waals surface area (Å²) in [6.45, 7) is 8.88. The summed E-state index contributed by atoms with van der Waals surface area (Å²) in [6, 6.07) is 4.24. The number of anilines is 1. The molecule has 2 nitrogen and oxygen atoms in total. The predicted octanol–water partition coefficient (Wildman–Crippen LogP) is 3.61. The van der Waals surface area contributed by atoms with Crippen molar-refractivity contribution in [2.75, 3.05) is 11.9 Å². The van der Waals surface area contributed by atoms with Gasteiger partial charge in [-0.15, -0.1) is 0 Å². The summed E-state index contributed by atoms with van der Waals surface area (Å²) >= 11 is 5.80. The van der Waals surface area contributed by atoms with Gasteiger partial charge in [0.15, 0.2) is 0 Å². The fourth-order valence-electron chi connectivity index (χ4n) is 1.36.